The molecule has 5 aromatic rings. The molecule has 0 amide bonds. The van der Waals surface area contributed by atoms with E-state index in [-0.39, 0.29) is 22.7 Å². The van der Waals surface area contributed by atoms with Gasteiger partial charge in [-0.1, -0.05) is 60.7 Å². The molecule has 0 aliphatic heterocycles. The highest BCUT2D eigenvalue weighted by atomic mass is 16.1. The van der Waals surface area contributed by atoms with Gasteiger partial charge in [0.1, 0.15) is 0 Å². The molecule has 36 heavy (non-hydrogen) atoms. The number of nitrogens with one attached hydrogen (secondary N) is 2. The van der Waals surface area contributed by atoms with Crippen LogP contribution in [0.5, 0.6) is 0 Å². The Morgan fingerprint density at radius 1 is 0.556 bits per heavy atom. The molecule has 2 aromatic heterocycles. The molecule has 5 rings (SSSR count). The largest absolute Gasteiger partial charge is 0.321 e. The van der Waals surface area contributed by atoms with E-state index in [1.165, 1.54) is 24.3 Å². The Morgan fingerprint density at radius 2 is 0.944 bits per heavy atom. The molecule has 2 heterocycles. The Labute approximate surface area is 205 Å². The maximum Gasteiger partial charge on any atom is 0.255 e. The fraction of sp³-hybridized carbons (Fsp3) is 0. The zero-order chi connectivity index (χ0) is 25.1. The normalized spacial score (nSPS) is 11.6. The van der Waals surface area contributed by atoms with Crippen LogP contribution in [0.25, 0.3) is 34.0 Å². The first-order valence-corrected chi connectivity index (χ1v) is 11.3. The van der Waals surface area contributed by atoms with Crippen LogP contribution in [-0.4, -0.2) is 21.5 Å². The maximum absolute atomic E-state index is 12.6. The summed E-state index contributed by atoms with van der Waals surface area (Å²) in [5, 5.41) is 1.73. The van der Waals surface area contributed by atoms with E-state index in [0.717, 1.165) is 21.8 Å². The van der Waals surface area contributed by atoms with E-state index in [4.69, 9.17) is 0 Å². The van der Waals surface area contributed by atoms with Crippen LogP contribution in [0.4, 0.5) is 0 Å². The molecule has 0 aliphatic carbocycles. The molecule has 0 unspecified atom stereocenters. The van der Waals surface area contributed by atoms with Crippen molar-refractivity contribution in [3.8, 4) is 0 Å². The van der Waals surface area contributed by atoms with Crippen LogP contribution < -0.4 is 11.1 Å². The summed E-state index contributed by atoms with van der Waals surface area (Å²) in [7, 11) is 0. The number of aromatic nitrogens is 2. The summed E-state index contributed by atoms with van der Waals surface area (Å²) >= 11 is 0. The average Bonchev–Trinajstić information content (AvgIpc) is 2.90. The molecule has 0 bridgehead atoms. The highest BCUT2D eigenvalue weighted by molar-refractivity contribution is 6.09. The molecule has 6 heteroatoms. The van der Waals surface area contributed by atoms with Gasteiger partial charge in [-0.25, -0.2) is 0 Å². The second-order valence-corrected chi connectivity index (χ2v) is 8.25. The van der Waals surface area contributed by atoms with Gasteiger partial charge in [0.25, 0.3) is 11.1 Å². The number of carbonyl (C=O) groups excluding carboxylic acids is 2. The third-order valence-electron chi connectivity index (χ3n) is 5.85. The standard InChI is InChI=1S/C30H20N2O4/c33-27(15-13-23-17-21-5-1-3-7-25(21)31-29(23)35)19-9-11-20(12-10-19)28(34)16-14-24-18-22-6-2-4-8-26(22)32-30(24)36/h1-18H,(H,31,35)(H,32,36)/b15-13+,16-14+. The summed E-state index contributed by atoms with van der Waals surface area (Å²) < 4.78 is 0. The van der Waals surface area contributed by atoms with E-state index < -0.39 is 0 Å². The van der Waals surface area contributed by atoms with Crippen LogP contribution in [0.3, 0.4) is 0 Å². The summed E-state index contributed by atoms with van der Waals surface area (Å²) in [5.41, 5.74) is 2.41. The predicted octanol–water partition coefficient (Wildman–Crippen LogP) is 5.16. The fourth-order valence-electron chi connectivity index (χ4n) is 3.90. The number of pyridine rings is 2. The van der Waals surface area contributed by atoms with E-state index in [0.29, 0.717) is 22.3 Å². The quantitative estimate of drug-likeness (QED) is 0.263. The van der Waals surface area contributed by atoms with Gasteiger partial charge in [-0.05, 0) is 59.3 Å². The molecule has 174 valence electrons. The minimum absolute atomic E-state index is 0.282. The Kier molecular flexibility index (Phi) is 6.07. The van der Waals surface area contributed by atoms with E-state index in [2.05, 4.69) is 9.97 Å². The van der Waals surface area contributed by atoms with Gasteiger partial charge in [0.2, 0.25) is 0 Å². The summed E-state index contributed by atoms with van der Waals surface area (Å²) in [6, 6.07) is 24.5. The third-order valence-corrected chi connectivity index (χ3v) is 5.85. The molecule has 0 saturated heterocycles. The SMILES string of the molecule is O=C(/C=C/c1cc2ccccc2[nH]c1=O)c1ccc(C(=O)/C=C/c2cc3ccccc3[nH]c2=O)cc1. The molecule has 0 spiro atoms. The van der Waals surface area contributed by atoms with Crippen molar-refractivity contribution in [2.24, 2.45) is 0 Å². The lowest BCUT2D eigenvalue weighted by molar-refractivity contribution is 0.103. The van der Waals surface area contributed by atoms with E-state index in [9.17, 15) is 19.2 Å². The second-order valence-electron chi connectivity index (χ2n) is 8.25. The van der Waals surface area contributed by atoms with Crippen molar-refractivity contribution in [3.63, 3.8) is 0 Å². The van der Waals surface area contributed by atoms with Gasteiger partial charge in [0.15, 0.2) is 11.6 Å². The monoisotopic (exact) mass is 472 g/mol. The number of fused-ring (bicyclic) bond motifs is 2. The lowest BCUT2D eigenvalue weighted by Crippen LogP contribution is -2.09. The van der Waals surface area contributed by atoms with Crippen LogP contribution in [0, 0.1) is 0 Å². The minimum atomic E-state index is -0.292. The predicted molar refractivity (Wildman–Crippen MR) is 142 cm³/mol. The Bertz CT molecular complexity index is 1670. The number of rotatable bonds is 6. The lowest BCUT2D eigenvalue weighted by atomic mass is 10.0. The molecule has 3 aromatic carbocycles. The van der Waals surface area contributed by atoms with Crippen molar-refractivity contribution >= 4 is 45.5 Å². The number of carbonyl (C=O) groups is 2. The molecular formula is C30H20N2O4. The van der Waals surface area contributed by atoms with Crippen LogP contribution in [0.15, 0.2) is 107 Å². The van der Waals surface area contributed by atoms with Crippen LogP contribution >= 0.6 is 0 Å². The van der Waals surface area contributed by atoms with Gasteiger partial charge in [-0.3, -0.25) is 19.2 Å². The van der Waals surface area contributed by atoms with Crippen molar-refractivity contribution in [2.45, 2.75) is 0 Å². The van der Waals surface area contributed by atoms with Crippen molar-refractivity contribution in [1.82, 2.24) is 9.97 Å². The van der Waals surface area contributed by atoms with Gasteiger partial charge in [0.05, 0.1) is 0 Å². The summed E-state index contributed by atoms with van der Waals surface area (Å²) in [6.45, 7) is 0. The number of ketones is 2. The summed E-state index contributed by atoms with van der Waals surface area (Å²) in [5.74, 6) is -0.584. The number of benzene rings is 3. The summed E-state index contributed by atoms with van der Waals surface area (Å²) in [4.78, 5) is 55.3. The van der Waals surface area contributed by atoms with Gasteiger partial charge >= 0.3 is 0 Å². The van der Waals surface area contributed by atoms with E-state index in [1.807, 2.05) is 48.5 Å². The van der Waals surface area contributed by atoms with E-state index >= 15 is 0 Å². The zero-order valence-electron chi connectivity index (χ0n) is 19.0. The Morgan fingerprint density at radius 3 is 1.36 bits per heavy atom. The van der Waals surface area contributed by atoms with E-state index in [1.54, 1.807) is 36.4 Å². The lowest BCUT2D eigenvalue weighted by Gasteiger charge is -2.01. The zero-order valence-corrected chi connectivity index (χ0v) is 19.0. The van der Waals surface area contributed by atoms with Crippen LogP contribution in [0.2, 0.25) is 0 Å². The molecule has 6 nitrogen and oxygen atoms in total. The smallest absolute Gasteiger partial charge is 0.255 e. The van der Waals surface area contributed by atoms with Crippen LogP contribution in [-0.2, 0) is 0 Å². The number of allylic oxidation sites excluding steroid dienone is 2. The van der Waals surface area contributed by atoms with Crippen molar-refractivity contribution in [3.05, 3.63) is 140 Å². The van der Waals surface area contributed by atoms with Gasteiger partial charge in [-0.15, -0.1) is 0 Å². The van der Waals surface area contributed by atoms with Crippen molar-refractivity contribution in [1.29, 1.82) is 0 Å². The first-order valence-electron chi connectivity index (χ1n) is 11.3. The summed E-state index contributed by atoms with van der Waals surface area (Å²) in [6.07, 6.45) is 5.64. The molecule has 0 saturated carbocycles. The number of hydrogen-bond acceptors (Lipinski definition) is 4. The first kappa shape index (κ1) is 22.7. The number of H-pyrrole nitrogens is 2. The number of para-hydroxylation sites is 2. The van der Waals surface area contributed by atoms with Crippen molar-refractivity contribution < 1.29 is 9.59 Å². The first-order chi connectivity index (χ1) is 17.5. The highest BCUT2D eigenvalue weighted by Gasteiger charge is 2.07. The topological polar surface area (TPSA) is 99.9 Å². The average molecular weight is 473 g/mol. The molecule has 0 radical (unpaired) electrons. The molecular weight excluding hydrogens is 452 g/mol. The molecule has 2 N–H and O–H groups in total. The molecule has 0 fully saturated rings. The van der Waals surface area contributed by atoms with Crippen LogP contribution in [0.1, 0.15) is 31.8 Å². The van der Waals surface area contributed by atoms with Gasteiger partial charge in [-0.2, -0.15) is 0 Å². The Hall–Kier alpha value is -5.10. The number of hydrogen-bond donors (Lipinski definition) is 2. The highest BCUT2D eigenvalue weighted by Crippen LogP contribution is 2.14. The minimum Gasteiger partial charge on any atom is -0.321 e. The van der Waals surface area contributed by atoms with Crippen molar-refractivity contribution in [2.75, 3.05) is 0 Å². The number of aromatic amines is 2. The maximum atomic E-state index is 12.6. The van der Waals surface area contributed by atoms with Gasteiger partial charge in [0, 0.05) is 33.3 Å². The Balaban J connectivity index is 1.30. The third kappa shape index (κ3) is 4.74. The fourth-order valence-corrected chi connectivity index (χ4v) is 3.90. The molecule has 0 aliphatic rings. The molecule has 0 atom stereocenters. The van der Waals surface area contributed by atoms with Gasteiger partial charge < -0.3 is 9.97 Å². The second kappa shape index (κ2) is 9.64.